The van der Waals surface area contributed by atoms with Gasteiger partial charge in [-0.3, -0.25) is 9.59 Å². The molecule has 1 N–H and O–H groups in total. The Labute approximate surface area is 414 Å². The molecule has 0 bridgehead atoms. The molecule has 0 saturated heterocycles. The number of aliphatic hydroxyl groups excluding tert-OH is 1. The molecule has 0 aromatic carbocycles. The van der Waals surface area contributed by atoms with Crippen molar-refractivity contribution >= 4 is 11.9 Å². The van der Waals surface area contributed by atoms with Crippen molar-refractivity contribution in [1.82, 2.24) is 0 Å². The molecule has 1 atom stereocenters. The average molecular weight is 930 g/mol. The Bertz CT molecular complexity index is 1330. The number of rotatable bonds is 50. The lowest BCUT2D eigenvalue weighted by atomic mass is 10.0. The quantitative estimate of drug-likeness (QED) is 0.0374. The molecule has 0 aliphatic heterocycles. The molecule has 0 aliphatic carbocycles. The first kappa shape index (κ1) is 63.6. The van der Waals surface area contributed by atoms with Crippen LogP contribution in [0, 0.1) is 0 Å². The van der Waals surface area contributed by atoms with Crippen molar-refractivity contribution in [2.24, 2.45) is 0 Å². The Kier molecular flexibility index (Phi) is 54.0. The molecule has 0 aromatic heterocycles. The molecule has 1 unspecified atom stereocenters. The van der Waals surface area contributed by atoms with E-state index in [9.17, 15) is 14.7 Å². The van der Waals surface area contributed by atoms with E-state index in [0.29, 0.717) is 12.8 Å². The van der Waals surface area contributed by atoms with Gasteiger partial charge in [-0.05, 0) is 83.5 Å². The molecule has 382 valence electrons. The van der Waals surface area contributed by atoms with Crippen LogP contribution in [0.3, 0.4) is 0 Å². The average Bonchev–Trinajstić information content (AvgIpc) is 3.33. The second kappa shape index (κ2) is 56.9. The van der Waals surface area contributed by atoms with Crippen LogP contribution in [0.5, 0.6) is 0 Å². The first-order valence-electron chi connectivity index (χ1n) is 27.9. The lowest BCUT2D eigenvalue weighted by molar-refractivity contribution is -0.161. The highest BCUT2D eigenvalue weighted by atomic mass is 16.6. The number of esters is 2. The summed E-state index contributed by atoms with van der Waals surface area (Å²) in [4.78, 5) is 24.5. The predicted octanol–water partition coefficient (Wildman–Crippen LogP) is 18.9. The van der Waals surface area contributed by atoms with Gasteiger partial charge in [0.2, 0.25) is 0 Å². The maximum atomic E-state index is 12.3. The summed E-state index contributed by atoms with van der Waals surface area (Å²) in [5.74, 6) is -0.601. The van der Waals surface area contributed by atoms with Crippen LogP contribution in [-0.4, -0.2) is 36.4 Å². The second-order valence-electron chi connectivity index (χ2n) is 18.3. The number of carbonyl (C=O) groups is 2. The third-order valence-electron chi connectivity index (χ3n) is 11.8. The zero-order chi connectivity index (χ0) is 48.5. The van der Waals surface area contributed by atoms with E-state index in [-0.39, 0.29) is 25.2 Å². The maximum absolute atomic E-state index is 12.3. The molecule has 0 aromatic rings. The van der Waals surface area contributed by atoms with Crippen LogP contribution in [0.2, 0.25) is 0 Å². The number of ether oxygens (including phenoxy) is 2. The molecule has 5 heteroatoms. The summed E-state index contributed by atoms with van der Waals surface area (Å²) in [6.45, 7) is 4.03. The van der Waals surface area contributed by atoms with Crippen LogP contribution in [0.4, 0.5) is 0 Å². The van der Waals surface area contributed by atoms with Gasteiger partial charge in [0.05, 0.1) is 6.61 Å². The molecule has 0 radical (unpaired) electrons. The Morgan fingerprint density at radius 3 is 0.970 bits per heavy atom. The Hall–Kier alpha value is -3.44. The first-order chi connectivity index (χ1) is 33.1. The van der Waals surface area contributed by atoms with Gasteiger partial charge in [0.1, 0.15) is 6.61 Å². The van der Waals surface area contributed by atoms with E-state index in [0.717, 1.165) is 103 Å². The number of hydrogen-bond acceptors (Lipinski definition) is 5. The van der Waals surface area contributed by atoms with E-state index in [1.807, 2.05) is 0 Å². The van der Waals surface area contributed by atoms with Crippen LogP contribution in [0.1, 0.15) is 251 Å². The van der Waals surface area contributed by atoms with Gasteiger partial charge in [0, 0.05) is 12.8 Å². The van der Waals surface area contributed by atoms with Gasteiger partial charge in [-0.2, -0.15) is 0 Å². The van der Waals surface area contributed by atoms with Crippen LogP contribution in [-0.2, 0) is 19.1 Å². The zero-order valence-electron chi connectivity index (χ0n) is 43.6. The van der Waals surface area contributed by atoms with Crippen LogP contribution in [0.25, 0.3) is 0 Å². The number of hydrogen-bond donors (Lipinski definition) is 1. The van der Waals surface area contributed by atoms with E-state index in [4.69, 9.17) is 9.47 Å². The van der Waals surface area contributed by atoms with Gasteiger partial charge in [-0.25, -0.2) is 0 Å². The minimum atomic E-state index is -0.783. The van der Waals surface area contributed by atoms with E-state index in [1.54, 1.807) is 0 Å². The van der Waals surface area contributed by atoms with Crippen molar-refractivity contribution in [3.63, 3.8) is 0 Å². The molecule has 0 amide bonds. The Morgan fingerprint density at radius 1 is 0.358 bits per heavy atom. The van der Waals surface area contributed by atoms with Crippen LogP contribution >= 0.6 is 0 Å². The molecule has 67 heavy (non-hydrogen) atoms. The smallest absolute Gasteiger partial charge is 0.306 e. The third-order valence-corrected chi connectivity index (χ3v) is 11.8. The molecule has 0 rings (SSSR count). The lowest BCUT2D eigenvalue weighted by Crippen LogP contribution is -2.28. The minimum Gasteiger partial charge on any atom is -0.462 e. The van der Waals surface area contributed by atoms with Gasteiger partial charge in [-0.15, -0.1) is 0 Å². The summed E-state index contributed by atoms with van der Waals surface area (Å²) in [5.41, 5.74) is 0. The van der Waals surface area contributed by atoms with Gasteiger partial charge in [0.15, 0.2) is 6.10 Å². The van der Waals surface area contributed by atoms with E-state index < -0.39 is 6.10 Å². The maximum Gasteiger partial charge on any atom is 0.306 e. The van der Waals surface area contributed by atoms with Gasteiger partial charge in [-0.1, -0.05) is 264 Å². The molecule has 0 heterocycles. The summed E-state index contributed by atoms with van der Waals surface area (Å²) in [5, 5.41) is 9.64. The summed E-state index contributed by atoms with van der Waals surface area (Å²) in [7, 11) is 0. The first-order valence-corrected chi connectivity index (χ1v) is 27.9. The number of unbranched alkanes of at least 4 members (excludes halogenated alkanes) is 24. The highest BCUT2D eigenvalue weighted by Gasteiger charge is 2.16. The summed E-state index contributed by atoms with van der Waals surface area (Å²) in [6, 6.07) is 0. The zero-order valence-corrected chi connectivity index (χ0v) is 43.6. The lowest BCUT2D eigenvalue weighted by Gasteiger charge is -2.15. The van der Waals surface area contributed by atoms with Crippen molar-refractivity contribution in [3.8, 4) is 0 Å². The Balaban J connectivity index is 3.59. The monoisotopic (exact) mass is 929 g/mol. The number of aliphatic hydroxyl groups is 1. The molecule has 0 aliphatic rings. The normalized spacial score (nSPS) is 13.1. The molecule has 0 saturated carbocycles. The molecule has 5 nitrogen and oxygen atoms in total. The fourth-order valence-electron chi connectivity index (χ4n) is 7.67. The SMILES string of the molecule is CC/C=C\C/C=C\C/C=C\C/C=C\C/C=C\C/C=C\C/C=C\C/C=C\C/C=C\CCCCCCCCCC(=O)OC(CO)COC(=O)CCCCCCCCCCCCCCCCCCCC. The van der Waals surface area contributed by atoms with Crippen molar-refractivity contribution in [2.75, 3.05) is 13.2 Å². The fourth-order valence-corrected chi connectivity index (χ4v) is 7.67. The van der Waals surface area contributed by atoms with Crippen molar-refractivity contribution in [3.05, 3.63) is 109 Å². The topological polar surface area (TPSA) is 72.8 Å². The number of allylic oxidation sites excluding steroid dienone is 18. The van der Waals surface area contributed by atoms with Gasteiger partial charge >= 0.3 is 11.9 Å². The molecular formula is C62H104O5. The molecule has 0 fully saturated rings. The second-order valence-corrected chi connectivity index (χ2v) is 18.3. The van der Waals surface area contributed by atoms with E-state index in [1.165, 1.54) is 122 Å². The van der Waals surface area contributed by atoms with Crippen LogP contribution < -0.4 is 0 Å². The predicted molar refractivity (Wildman–Crippen MR) is 292 cm³/mol. The fraction of sp³-hybridized carbons (Fsp3) is 0.677. The summed E-state index contributed by atoms with van der Waals surface area (Å²) >= 11 is 0. The number of carbonyl (C=O) groups excluding carboxylic acids is 2. The van der Waals surface area contributed by atoms with Crippen molar-refractivity contribution < 1.29 is 24.2 Å². The van der Waals surface area contributed by atoms with Crippen LogP contribution in [0.15, 0.2) is 109 Å². The van der Waals surface area contributed by atoms with Crippen molar-refractivity contribution in [1.29, 1.82) is 0 Å². The van der Waals surface area contributed by atoms with Crippen molar-refractivity contribution in [2.45, 2.75) is 258 Å². The van der Waals surface area contributed by atoms with Gasteiger partial charge < -0.3 is 14.6 Å². The summed E-state index contributed by atoms with van der Waals surface area (Å²) in [6.07, 6.45) is 81.9. The molecular weight excluding hydrogens is 825 g/mol. The summed E-state index contributed by atoms with van der Waals surface area (Å²) < 4.78 is 10.7. The highest BCUT2D eigenvalue weighted by Crippen LogP contribution is 2.16. The minimum absolute atomic E-state index is 0.0730. The van der Waals surface area contributed by atoms with E-state index in [2.05, 4.69) is 123 Å². The standard InChI is InChI=1S/C62H104O5/c1-3-5-7-9-11-13-15-17-19-21-23-24-25-26-27-28-29-30-31-32-33-34-35-36-37-38-39-41-43-45-47-49-51-53-55-57-62(65)67-60(58-63)59-66-61(64)56-54-52-50-48-46-44-42-40-22-20-18-16-14-12-10-8-6-4-2/h5,7,11,13,17,19,23-24,26-27,29-30,32-33,35-36,38-39,60,63H,3-4,6,8-10,12,14-16,18,20-22,25,28,31,34,37,40-59H2,1-2H3/b7-5-,13-11-,19-17-,24-23-,27-26-,30-29-,33-32-,36-35-,39-38-. The largest absolute Gasteiger partial charge is 0.462 e. The third kappa shape index (κ3) is 55.0. The Morgan fingerprint density at radius 2 is 0.642 bits per heavy atom. The van der Waals surface area contributed by atoms with Gasteiger partial charge in [0.25, 0.3) is 0 Å². The molecule has 0 spiro atoms. The highest BCUT2D eigenvalue weighted by molar-refractivity contribution is 5.70. The van der Waals surface area contributed by atoms with E-state index >= 15 is 0 Å².